The number of primary amides is 1. The lowest BCUT2D eigenvalue weighted by atomic mass is 10.1. The van der Waals surface area contributed by atoms with Crippen LogP contribution in [0.25, 0.3) is 0 Å². The van der Waals surface area contributed by atoms with Crippen molar-refractivity contribution in [1.82, 2.24) is 0 Å². The van der Waals surface area contributed by atoms with Crippen molar-refractivity contribution < 1.29 is 4.79 Å². The second kappa shape index (κ2) is 3.24. The topological polar surface area (TPSA) is 66.9 Å². The Bertz CT molecular complexity index is 368. The molecule has 0 heterocycles. The normalized spacial score (nSPS) is 9.00. The van der Waals surface area contributed by atoms with E-state index in [9.17, 15) is 4.79 Å². The van der Waals surface area contributed by atoms with Crippen molar-refractivity contribution in [3.63, 3.8) is 0 Å². The number of halogens is 1. The van der Waals surface area contributed by atoms with Crippen LogP contribution in [0.15, 0.2) is 18.2 Å². The van der Waals surface area contributed by atoms with Gasteiger partial charge in [0.05, 0.1) is 11.1 Å². The minimum Gasteiger partial charge on any atom is -0.366 e. The molecule has 0 aromatic heterocycles. The Kier molecular flexibility index (Phi) is 2.32. The fourth-order valence-corrected chi connectivity index (χ4v) is 0.996. The predicted octanol–water partition coefficient (Wildman–Crippen LogP) is 1.31. The maximum absolute atomic E-state index is 10.7. The van der Waals surface area contributed by atoms with E-state index in [-0.39, 0.29) is 11.1 Å². The van der Waals surface area contributed by atoms with Crippen molar-refractivity contribution in [3.8, 4) is 6.07 Å². The van der Waals surface area contributed by atoms with Gasteiger partial charge in [-0.2, -0.15) is 5.26 Å². The molecule has 0 fully saturated rings. The van der Waals surface area contributed by atoms with Crippen LogP contribution < -0.4 is 5.73 Å². The van der Waals surface area contributed by atoms with E-state index in [2.05, 4.69) is 0 Å². The third-order valence-corrected chi connectivity index (χ3v) is 1.60. The summed E-state index contributed by atoms with van der Waals surface area (Å²) < 4.78 is 0. The van der Waals surface area contributed by atoms with E-state index in [1.807, 2.05) is 6.07 Å². The molecule has 2 N–H and O–H groups in total. The van der Waals surface area contributed by atoms with E-state index in [1.165, 1.54) is 18.2 Å². The van der Waals surface area contributed by atoms with E-state index < -0.39 is 5.91 Å². The first-order valence-electron chi connectivity index (χ1n) is 3.14. The molecule has 1 rings (SSSR count). The quantitative estimate of drug-likeness (QED) is 0.708. The minimum atomic E-state index is -0.622. The molecule has 12 heavy (non-hydrogen) atoms. The van der Waals surface area contributed by atoms with Gasteiger partial charge in [-0.3, -0.25) is 4.79 Å². The lowest BCUT2D eigenvalue weighted by Crippen LogP contribution is -2.12. The Balaban J connectivity index is 3.32. The van der Waals surface area contributed by atoms with E-state index in [0.717, 1.165) is 0 Å². The molecular weight excluding hydrogens is 176 g/mol. The van der Waals surface area contributed by atoms with Crippen LogP contribution >= 0.6 is 11.6 Å². The van der Waals surface area contributed by atoms with Gasteiger partial charge in [0.15, 0.2) is 0 Å². The molecule has 1 aromatic rings. The molecule has 0 aliphatic carbocycles. The first-order valence-corrected chi connectivity index (χ1v) is 3.52. The summed E-state index contributed by atoms with van der Waals surface area (Å²) in [5.41, 5.74) is 5.41. The number of carbonyl (C=O) groups is 1. The zero-order valence-electron chi connectivity index (χ0n) is 6.04. The molecule has 0 saturated carbocycles. The molecule has 0 unspecified atom stereocenters. The van der Waals surface area contributed by atoms with Gasteiger partial charge in [-0.05, 0) is 18.2 Å². The number of rotatable bonds is 1. The zero-order chi connectivity index (χ0) is 9.14. The zero-order valence-corrected chi connectivity index (χ0v) is 6.80. The van der Waals surface area contributed by atoms with Crippen LogP contribution in [0.2, 0.25) is 5.02 Å². The number of benzene rings is 1. The molecule has 4 heteroatoms. The molecule has 0 aliphatic heterocycles. The van der Waals surface area contributed by atoms with E-state index in [1.54, 1.807) is 0 Å². The molecule has 0 atom stereocenters. The number of hydrogen-bond acceptors (Lipinski definition) is 2. The minimum absolute atomic E-state index is 0.196. The number of hydrogen-bond donors (Lipinski definition) is 1. The van der Waals surface area contributed by atoms with Gasteiger partial charge in [0.2, 0.25) is 5.91 Å². The Labute approximate surface area is 74.4 Å². The number of amides is 1. The highest BCUT2D eigenvalue weighted by molar-refractivity contribution is 6.30. The first-order chi connectivity index (χ1) is 5.65. The summed E-state index contributed by atoms with van der Waals surface area (Å²) in [5, 5.41) is 8.99. The van der Waals surface area contributed by atoms with Crippen molar-refractivity contribution in [3.05, 3.63) is 34.3 Å². The van der Waals surface area contributed by atoms with Gasteiger partial charge < -0.3 is 5.73 Å². The maximum Gasteiger partial charge on any atom is 0.250 e. The maximum atomic E-state index is 10.7. The smallest absolute Gasteiger partial charge is 0.250 e. The molecule has 1 amide bonds. The predicted molar refractivity (Wildman–Crippen MR) is 44.7 cm³/mol. The van der Waals surface area contributed by atoms with Crippen LogP contribution in [-0.4, -0.2) is 5.91 Å². The largest absolute Gasteiger partial charge is 0.366 e. The molecular formula is C8H5ClN2O. The van der Waals surface area contributed by atoms with Gasteiger partial charge >= 0.3 is 0 Å². The van der Waals surface area contributed by atoms with Crippen molar-refractivity contribution >= 4 is 17.5 Å². The average molecular weight is 181 g/mol. The Morgan fingerprint density at radius 3 is 2.75 bits per heavy atom. The third kappa shape index (κ3) is 1.55. The monoisotopic (exact) mass is 180 g/mol. The molecule has 1 aromatic carbocycles. The van der Waals surface area contributed by atoms with Crippen molar-refractivity contribution in [2.45, 2.75) is 0 Å². The highest BCUT2D eigenvalue weighted by Crippen LogP contribution is 2.14. The summed E-state index contributed by atoms with van der Waals surface area (Å²) in [6, 6.07) is 6.19. The van der Waals surface area contributed by atoms with Gasteiger partial charge in [-0.15, -0.1) is 0 Å². The highest BCUT2D eigenvalue weighted by Gasteiger charge is 2.06. The first kappa shape index (κ1) is 8.57. The summed E-state index contributed by atoms with van der Waals surface area (Å²) in [5.74, 6) is -0.622. The lowest BCUT2D eigenvalue weighted by molar-refractivity contribution is 0.1000. The summed E-state index contributed by atoms with van der Waals surface area (Å²) >= 11 is 5.60. The fraction of sp³-hybridized carbons (Fsp3) is 0. The molecule has 0 saturated heterocycles. The van der Waals surface area contributed by atoms with Crippen LogP contribution in [-0.2, 0) is 0 Å². The molecule has 60 valence electrons. The van der Waals surface area contributed by atoms with Gasteiger partial charge in [-0.1, -0.05) is 11.6 Å². The third-order valence-electron chi connectivity index (χ3n) is 1.37. The van der Waals surface area contributed by atoms with Crippen LogP contribution in [0.3, 0.4) is 0 Å². The Morgan fingerprint density at radius 2 is 2.25 bits per heavy atom. The van der Waals surface area contributed by atoms with Crippen molar-refractivity contribution in [2.75, 3.05) is 0 Å². The van der Waals surface area contributed by atoms with E-state index in [4.69, 9.17) is 22.6 Å². The molecule has 0 radical (unpaired) electrons. The van der Waals surface area contributed by atoms with Crippen molar-refractivity contribution in [1.29, 1.82) is 5.26 Å². The van der Waals surface area contributed by atoms with Gasteiger partial charge in [0, 0.05) is 5.02 Å². The second-order valence-corrected chi connectivity index (χ2v) is 2.60. The SMILES string of the molecule is N#Cc1cc(Cl)ccc1C(N)=O. The van der Waals surface area contributed by atoms with Crippen LogP contribution in [0.1, 0.15) is 15.9 Å². The summed E-state index contributed by atoms with van der Waals surface area (Å²) in [4.78, 5) is 10.7. The van der Waals surface area contributed by atoms with Crippen LogP contribution in [0.5, 0.6) is 0 Å². The van der Waals surface area contributed by atoms with Gasteiger partial charge in [-0.25, -0.2) is 0 Å². The fourth-order valence-electron chi connectivity index (χ4n) is 0.824. The number of nitrogens with two attached hydrogens (primary N) is 1. The van der Waals surface area contributed by atoms with Gasteiger partial charge in [0.25, 0.3) is 0 Å². The number of carbonyl (C=O) groups excluding carboxylic acids is 1. The van der Waals surface area contributed by atoms with Crippen LogP contribution in [0, 0.1) is 11.3 Å². The number of nitrogens with zero attached hydrogens (tertiary/aromatic N) is 1. The van der Waals surface area contributed by atoms with Gasteiger partial charge in [0.1, 0.15) is 6.07 Å². The lowest BCUT2D eigenvalue weighted by Gasteiger charge is -1.97. The molecule has 3 nitrogen and oxygen atoms in total. The summed E-state index contributed by atoms with van der Waals surface area (Å²) in [6.45, 7) is 0. The summed E-state index contributed by atoms with van der Waals surface area (Å²) in [7, 11) is 0. The van der Waals surface area contributed by atoms with E-state index in [0.29, 0.717) is 5.02 Å². The Morgan fingerprint density at radius 1 is 1.58 bits per heavy atom. The molecule has 0 aliphatic rings. The Hall–Kier alpha value is -1.53. The number of nitriles is 1. The second-order valence-electron chi connectivity index (χ2n) is 2.17. The van der Waals surface area contributed by atoms with E-state index >= 15 is 0 Å². The highest BCUT2D eigenvalue weighted by atomic mass is 35.5. The molecule has 0 bridgehead atoms. The van der Waals surface area contributed by atoms with Crippen LogP contribution in [0.4, 0.5) is 0 Å². The van der Waals surface area contributed by atoms with Crippen molar-refractivity contribution in [2.24, 2.45) is 5.73 Å². The summed E-state index contributed by atoms with van der Waals surface area (Å²) in [6.07, 6.45) is 0. The molecule has 0 spiro atoms. The standard InChI is InChI=1S/C8H5ClN2O/c9-6-1-2-7(8(11)12)5(3-6)4-10/h1-3H,(H2,11,12). The average Bonchev–Trinajstić information content (AvgIpc) is 2.03.